The van der Waals surface area contributed by atoms with Crippen molar-refractivity contribution >= 4 is 5.97 Å². The molecule has 1 saturated heterocycles. The van der Waals surface area contributed by atoms with Crippen LogP contribution in [0.5, 0.6) is 0 Å². The zero-order valence-corrected chi connectivity index (χ0v) is 16.4. The van der Waals surface area contributed by atoms with Gasteiger partial charge in [0.1, 0.15) is 6.61 Å². The molecule has 0 radical (unpaired) electrons. The van der Waals surface area contributed by atoms with Gasteiger partial charge in [-0.2, -0.15) is 0 Å². The lowest BCUT2D eigenvalue weighted by atomic mass is 9.85. The molecule has 1 aliphatic carbocycles. The number of ether oxygens (including phenoxy) is 1. The van der Waals surface area contributed by atoms with Gasteiger partial charge in [-0.05, 0) is 57.3 Å². The molecule has 0 bridgehead atoms. The number of carbonyl (C=O) groups is 1. The van der Waals surface area contributed by atoms with Gasteiger partial charge in [0.2, 0.25) is 0 Å². The van der Waals surface area contributed by atoms with Crippen LogP contribution in [0, 0.1) is 19.8 Å². The number of likely N-dealkylation sites (tertiary alicyclic amines) is 1. The molecule has 1 aliphatic heterocycles. The van der Waals surface area contributed by atoms with Gasteiger partial charge in [-0.25, -0.2) is 0 Å². The summed E-state index contributed by atoms with van der Waals surface area (Å²) in [6.45, 7) is 7.84. The van der Waals surface area contributed by atoms with Crippen molar-refractivity contribution in [2.75, 3.05) is 26.2 Å². The molecule has 2 aliphatic rings. The summed E-state index contributed by atoms with van der Waals surface area (Å²) >= 11 is 0. The van der Waals surface area contributed by atoms with Crippen LogP contribution in [0.15, 0.2) is 48.5 Å². The third-order valence-corrected chi connectivity index (χ3v) is 6.23. The molecule has 0 spiro atoms. The summed E-state index contributed by atoms with van der Waals surface area (Å²) < 4.78 is 5.69. The summed E-state index contributed by atoms with van der Waals surface area (Å²) in [5, 5.41) is 0. The lowest BCUT2D eigenvalue weighted by molar-refractivity contribution is -0.146. The van der Waals surface area contributed by atoms with Crippen molar-refractivity contribution in [3.8, 4) is 0 Å². The Labute approximate surface area is 162 Å². The van der Waals surface area contributed by atoms with Gasteiger partial charge in [-0.15, -0.1) is 0 Å². The second-order valence-electron chi connectivity index (χ2n) is 8.18. The number of hydrogen-bond donors (Lipinski definition) is 0. The van der Waals surface area contributed by atoms with Gasteiger partial charge >= 0.3 is 5.97 Å². The van der Waals surface area contributed by atoms with Gasteiger partial charge in [0.05, 0.1) is 5.92 Å². The zero-order valence-electron chi connectivity index (χ0n) is 16.4. The van der Waals surface area contributed by atoms with E-state index in [1.165, 1.54) is 35.1 Å². The molecule has 1 unspecified atom stereocenters. The Bertz CT molecular complexity index is 743. The number of esters is 1. The molecular weight excluding hydrogens is 334 g/mol. The molecule has 2 fully saturated rings. The average molecular weight is 364 g/mol. The normalized spacial score (nSPS) is 21.2. The topological polar surface area (TPSA) is 29.5 Å². The van der Waals surface area contributed by atoms with E-state index in [0.717, 1.165) is 26.1 Å². The average Bonchev–Trinajstić information content (AvgIpc) is 3.21. The Morgan fingerprint density at radius 3 is 2.00 bits per heavy atom. The van der Waals surface area contributed by atoms with Gasteiger partial charge in [0.15, 0.2) is 0 Å². The fourth-order valence-corrected chi connectivity index (χ4v) is 4.44. The van der Waals surface area contributed by atoms with Crippen LogP contribution in [-0.4, -0.2) is 37.1 Å². The van der Waals surface area contributed by atoms with Crippen LogP contribution in [0.4, 0.5) is 0 Å². The van der Waals surface area contributed by atoms with E-state index in [-0.39, 0.29) is 17.3 Å². The summed E-state index contributed by atoms with van der Waals surface area (Å²) in [6, 6.07) is 17.2. The third-order valence-electron chi connectivity index (χ3n) is 6.23. The van der Waals surface area contributed by atoms with Crippen molar-refractivity contribution in [1.29, 1.82) is 0 Å². The quantitative estimate of drug-likeness (QED) is 0.719. The Morgan fingerprint density at radius 1 is 0.963 bits per heavy atom. The maximum Gasteiger partial charge on any atom is 0.310 e. The fourth-order valence-electron chi connectivity index (χ4n) is 4.44. The monoisotopic (exact) mass is 363 g/mol. The van der Waals surface area contributed by atoms with Crippen LogP contribution in [0.3, 0.4) is 0 Å². The smallest absolute Gasteiger partial charge is 0.310 e. The molecule has 2 aromatic rings. The number of rotatable bonds is 6. The minimum Gasteiger partial charge on any atom is -0.464 e. The van der Waals surface area contributed by atoms with Crippen molar-refractivity contribution in [2.24, 2.45) is 5.92 Å². The van der Waals surface area contributed by atoms with Crippen LogP contribution in [-0.2, 0) is 14.9 Å². The number of hydrogen-bond acceptors (Lipinski definition) is 3. The molecule has 1 atom stereocenters. The maximum atomic E-state index is 12.8. The van der Waals surface area contributed by atoms with E-state index in [0.29, 0.717) is 6.61 Å². The predicted octanol–water partition coefficient (Wildman–Crippen LogP) is 4.25. The van der Waals surface area contributed by atoms with E-state index in [1.54, 1.807) is 0 Å². The molecule has 3 nitrogen and oxygen atoms in total. The molecule has 2 aromatic carbocycles. The molecule has 1 saturated carbocycles. The molecule has 0 amide bonds. The van der Waals surface area contributed by atoms with Gasteiger partial charge in [-0.3, -0.25) is 9.69 Å². The Kier molecular flexibility index (Phi) is 5.05. The highest BCUT2D eigenvalue weighted by Crippen LogP contribution is 2.59. The van der Waals surface area contributed by atoms with E-state index in [4.69, 9.17) is 4.74 Å². The van der Waals surface area contributed by atoms with Crippen LogP contribution in [0.2, 0.25) is 0 Å². The lowest BCUT2D eigenvalue weighted by Gasteiger charge is -2.20. The van der Waals surface area contributed by atoms with Crippen molar-refractivity contribution in [1.82, 2.24) is 4.90 Å². The highest BCUT2D eigenvalue weighted by atomic mass is 16.5. The van der Waals surface area contributed by atoms with Crippen molar-refractivity contribution < 1.29 is 9.53 Å². The highest BCUT2D eigenvalue weighted by Gasteiger charge is 2.61. The van der Waals surface area contributed by atoms with Crippen molar-refractivity contribution in [2.45, 2.75) is 38.5 Å². The number of nitrogens with zero attached hydrogens (tertiary/aromatic N) is 1. The number of aryl methyl sites for hydroxylation is 2. The second-order valence-corrected chi connectivity index (χ2v) is 8.18. The summed E-state index contributed by atoms with van der Waals surface area (Å²) in [5.74, 6) is -0.128. The van der Waals surface area contributed by atoms with E-state index in [1.807, 2.05) is 0 Å². The Morgan fingerprint density at radius 2 is 1.48 bits per heavy atom. The molecule has 0 aromatic heterocycles. The number of benzene rings is 2. The molecule has 142 valence electrons. The minimum absolute atomic E-state index is 0.0460. The standard InChI is InChI=1S/C24H29NO2/c1-18-5-9-20(10-6-18)24(21-11-7-19(2)8-12-21)17-22(24)23(26)27-16-15-25-13-3-4-14-25/h5-12,22H,3-4,13-17H2,1-2H3. The van der Waals surface area contributed by atoms with E-state index in [9.17, 15) is 4.79 Å². The van der Waals surface area contributed by atoms with E-state index in [2.05, 4.69) is 67.3 Å². The largest absolute Gasteiger partial charge is 0.464 e. The van der Waals surface area contributed by atoms with Crippen LogP contribution in [0.1, 0.15) is 41.5 Å². The third kappa shape index (κ3) is 3.66. The minimum atomic E-state index is -0.230. The summed E-state index contributed by atoms with van der Waals surface area (Å²) in [7, 11) is 0. The van der Waals surface area contributed by atoms with Crippen molar-refractivity contribution in [3.05, 3.63) is 70.8 Å². The lowest BCUT2D eigenvalue weighted by Crippen LogP contribution is -2.26. The molecular formula is C24H29NO2. The van der Waals surface area contributed by atoms with Gasteiger partial charge < -0.3 is 4.74 Å². The summed E-state index contributed by atoms with van der Waals surface area (Å²) in [6.07, 6.45) is 3.36. The molecule has 1 heterocycles. The van der Waals surface area contributed by atoms with Crippen LogP contribution >= 0.6 is 0 Å². The predicted molar refractivity (Wildman–Crippen MR) is 108 cm³/mol. The molecule has 0 N–H and O–H groups in total. The van der Waals surface area contributed by atoms with Crippen LogP contribution in [0.25, 0.3) is 0 Å². The first-order valence-electron chi connectivity index (χ1n) is 10.1. The summed E-state index contributed by atoms with van der Waals surface area (Å²) in [5.41, 5.74) is 4.69. The zero-order chi connectivity index (χ0) is 18.9. The Hall–Kier alpha value is -2.13. The van der Waals surface area contributed by atoms with E-state index >= 15 is 0 Å². The Balaban J connectivity index is 1.51. The highest BCUT2D eigenvalue weighted by molar-refractivity contribution is 5.81. The van der Waals surface area contributed by atoms with Gasteiger partial charge in [0.25, 0.3) is 0 Å². The molecule has 4 rings (SSSR count). The van der Waals surface area contributed by atoms with E-state index < -0.39 is 0 Å². The molecule has 3 heteroatoms. The van der Waals surface area contributed by atoms with Gasteiger partial charge in [-0.1, -0.05) is 59.7 Å². The number of carbonyl (C=O) groups excluding carboxylic acids is 1. The second kappa shape index (κ2) is 7.47. The summed E-state index contributed by atoms with van der Waals surface area (Å²) in [4.78, 5) is 15.2. The first-order chi connectivity index (χ1) is 13.1. The van der Waals surface area contributed by atoms with Gasteiger partial charge in [0, 0.05) is 12.0 Å². The fraction of sp³-hybridized carbons (Fsp3) is 0.458. The first kappa shape index (κ1) is 18.2. The van der Waals surface area contributed by atoms with Crippen molar-refractivity contribution in [3.63, 3.8) is 0 Å². The van der Waals surface area contributed by atoms with Crippen LogP contribution < -0.4 is 0 Å². The first-order valence-corrected chi connectivity index (χ1v) is 10.1. The maximum absolute atomic E-state index is 12.8. The molecule has 27 heavy (non-hydrogen) atoms. The SMILES string of the molecule is Cc1ccc(C2(c3ccc(C)cc3)CC2C(=O)OCCN2CCCC2)cc1.